The van der Waals surface area contributed by atoms with E-state index in [2.05, 4.69) is 17.6 Å². The summed E-state index contributed by atoms with van der Waals surface area (Å²) in [5.41, 5.74) is 1.26. The lowest BCUT2D eigenvalue weighted by atomic mass is 9.92. The lowest BCUT2D eigenvalue weighted by Gasteiger charge is -2.27. The van der Waals surface area contributed by atoms with Crippen LogP contribution in [0.4, 0.5) is 5.69 Å². The van der Waals surface area contributed by atoms with Crippen LogP contribution in [0.1, 0.15) is 30.1 Å². The first-order valence-corrected chi connectivity index (χ1v) is 7.33. The minimum atomic E-state index is -0.0680. The fourth-order valence-electron chi connectivity index (χ4n) is 2.60. The Balaban J connectivity index is 2.04. The molecule has 2 atom stereocenters. The van der Waals surface area contributed by atoms with Gasteiger partial charge in [-0.05, 0) is 44.5 Å². The summed E-state index contributed by atoms with van der Waals surface area (Å²) in [6.45, 7) is 2.97. The van der Waals surface area contributed by atoms with Crippen molar-refractivity contribution in [1.29, 1.82) is 0 Å². The molecule has 0 bridgehead atoms. The van der Waals surface area contributed by atoms with Crippen LogP contribution in [0.2, 0.25) is 0 Å². The zero-order chi connectivity index (χ0) is 15.4. The molecule has 1 saturated heterocycles. The summed E-state index contributed by atoms with van der Waals surface area (Å²) in [6, 6.07) is 7.46. The van der Waals surface area contributed by atoms with Crippen LogP contribution >= 0.6 is 0 Å². The Kier molecular flexibility index (Phi) is 4.96. The Morgan fingerprint density at radius 3 is 2.76 bits per heavy atom. The van der Waals surface area contributed by atoms with E-state index in [1.54, 1.807) is 32.3 Å². The van der Waals surface area contributed by atoms with Crippen molar-refractivity contribution in [3.05, 3.63) is 29.8 Å². The van der Waals surface area contributed by atoms with Crippen LogP contribution in [0.3, 0.4) is 0 Å². The highest BCUT2D eigenvalue weighted by atomic mass is 16.2. The molecule has 5 heteroatoms. The van der Waals surface area contributed by atoms with Crippen molar-refractivity contribution in [3.8, 4) is 0 Å². The molecule has 1 heterocycles. The Bertz CT molecular complexity index is 528. The van der Waals surface area contributed by atoms with Crippen LogP contribution in [-0.4, -0.2) is 43.4 Å². The summed E-state index contributed by atoms with van der Waals surface area (Å²) < 4.78 is 0. The quantitative estimate of drug-likeness (QED) is 0.890. The van der Waals surface area contributed by atoms with E-state index in [1.807, 2.05) is 6.07 Å². The van der Waals surface area contributed by atoms with E-state index in [0.717, 1.165) is 19.4 Å². The predicted molar refractivity (Wildman–Crippen MR) is 83.3 cm³/mol. The average molecular weight is 289 g/mol. The van der Waals surface area contributed by atoms with Gasteiger partial charge in [0.2, 0.25) is 5.91 Å². The second kappa shape index (κ2) is 6.72. The minimum Gasteiger partial charge on any atom is -0.345 e. The smallest absolute Gasteiger partial charge is 0.253 e. The lowest BCUT2D eigenvalue weighted by molar-refractivity contribution is -0.120. The van der Waals surface area contributed by atoms with Crippen LogP contribution in [-0.2, 0) is 4.79 Å². The molecular weight excluding hydrogens is 266 g/mol. The van der Waals surface area contributed by atoms with Gasteiger partial charge in [-0.1, -0.05) is 6.07 Å². The molecule has 114 valence electrons. The summed E-state index contributed by atoms with van der Waals surface area (Å²) >= 11 is 0. The number of carbonyl (C=O) groups is 2. The summed E-state index contributed by atoms with van der Waals surface area (Å²) in [6.07, 6.45) is 1.70. The lowest BCUT2D eigenvalue weighted by Crippen LogP contribution is -2.40. The molecule has 0 radical (unpaired) electrons. The maximum atomic E-state index is 12.3. The van der Waals surface area contributed by atoms with Gasteiger partial charge in [0.15, 0.2) is 0 Å². The highest BCUT2D eigenvalue weighted by Gasteiger charge is 2.24. The van der Waals surface area contributed by atoms with Gasteiger partial charge in [0, 0.05) is 37.3 Å². The van der Waals surface area contributed by atoms with Crippen molar-refractivity contribution < 1.29 is 9.59 Å². The number of nitrogens with zero attached hydrogens (tertiary/aromatic N) is 1. The van der Waals surface area contributed by atoms with Crippen molar-refractivity contribution in [2.24, 2.45) is 5.92 Å². The summed E-state index contributed by atoms with van der Waals surface area (Å²) in [5.74, 6) is 0.00819. The summed E-state index contributed by atoms with van der Waals surface area (Å²) in [4.78, 5) is 25.7. The number of benzene rings is 1. The highest BCUT2D eigenvalue weighted by Crippen LogP contribution is 2.19. The molecule has 0 aliphatic carbocycles. The number of nitrogens with one attached hydrogen (secondary N) is 2. The molecule has 21 heavy (non-hydrogen) atoms. The zero-order valence-corrected chi connectivity index (χ0v) is 12.8. The van der Waals surface area contributed by atoms with Gasteiger partial charge < -0.3 is 15.5 Å². The maximum absolute atomic E-state index is 12.3. The van der Waals surface area contributed by atoms with Crippen LogP contribution in [0.5, 0.6) is 0 Å². The van der Waals surface area contributed by atoms with E-state index < -0.39 is 0 Å². The molecular formula is C16H23N3O2. The van der Waals surface area contributed by atoms with E-state index in [-0.39, 0.29) is 17.7 Å². The molecule has 1 aromatic carbocycles. The van der Waals surface area contributed by atoms with Gasteiger partial charge in [-0.25, -0.2) is 0 Å². The second-order valence-electron chi connectivity index (χ2n) is 5.85. The molecule has 2 N–H and O–H groups in total. The van der Waals surface area contributed by atoms with Crippen molar-refractivity contribution in [1.82, 2.24) is 10.2 Å². The van der Waals surface area contributed by atoms with Gasteiger partial charge in [-0.15, -0.1) is 0 Å². The molecule has 1 fully saturated rings. The Morgan fingerprint density at radius 2 is 2.10 bits per heavy atom. The molecule has 0 aromatic heterocycles. The van der Waals surface area contributed by atoms with Gasteiger partial charge in [0.1, 0.15) is 0 Å². The van der Waals surface area contributed by atoms with Gasteiger partial charge >= 0.3 is 0 Å². The normalized spacial score (nSPS) is 21.7. The molecule has 5 nitrogen and oxygen atoms in total. The Hall–Kier alpha value is -1.88. The van der Waals surface area contributed by atoms with Crippen molar-refractivity contribution in [2.45, 2.75) is 25.8 Å². The number of amides is 2. The maximum Gasteiger partial charge on any atom is 0.253 e. The molecule has 2 rings (SSSR count). The van der Waals surface area contributed by atoms with E-state index in [0.29, 0.717) is 17.3 Å². The van der Waals surface area contributed by atoms with Crippen molar-refractivity contribution in [2.75, 3.05) is 26.0 Å². The van der Waals surface area contributed by atoms with E-state index in [9.17, 15) is 9.59 Å². The third kappa shape index (κ3) is 4.04. The second-order valence-corrected chi connectivity index (χ2v) is 5.85. The first kappa shape index (κ1) is 15.5. The monoisotopic (exact) mass is 289 g/mol. The number of carbonyl (C=O) groups excluding carboxylic acids is 2. The molecule has 1 aliphatic heterocycles. The number of hydrogen-bond donors (Lipinski definition) is 2. The number of rotatable bonds is 3. The first-order valence-electron chi connectivity index (χ1n) is 7.33. The van der Waals surface area contributed by atoms with Crippen LogP contribution in [0.25, 0.3) is 0 Å². The number of anilines is 1. The predicted octanol–water partition coefficient (Wildman–Crippen LogP) is 1.71. The van der Waals surface area contributed by atoms with Crippen molar-refractivity contribution in [3.63, 3.8) is 0 Å². The van der Waals surface area contributed by atoms with Crippen molar-refractivity contribution >= 4 is 17.5 Å². The van der Waals surface area contributed by atoms with Crippen LogP contribution in [0, 0.1) is 5.92 Å². The van der Waals surface area contributed by atoms with Gasteiger partial charge in [0.05, 0.1) is 0 Å². The third-order valence-corrected chi connectivity index (χ3v) is 3.78. The van der Waals surface area contributed by atoms with Crippen LogP contribution < -0.4 is 10.6 Å². The van der Waals surface area contributed by atoms with Gasteiger partial charge in [-0.2, -0.15) is 0 Å². The minimum absolute atomic E-state index is 0.0365. The summed E-state index contributed by atoms with van der Waals surface area (Å²) in [5, 5.41) is 6.27. The SMILES string of the molecule is CC1CC(C(=O)Nc2cccc(C(=O)N(C)C)c2)CCN1. The number of hydrogen-bond acceptors (Lipinski definition) is 3. The molecule has 0 saturated carbocycles. The summed E-state index contributed by atoms with van der Waals surface area (Å²) in [7, 11) is 3.42. The Labute approximate surface area is 125 Å². The van der Waals surface area contributed by atoms with E-state index >= 15 is 0 Å². The molecule has 2 unspecified atom stereocenters. The van der Waals surface area contributed by atoms with Crippen LogP contribution in [0.15, 0.2) is 24.3 Å². The van der Waals surface area contributed by atoms with E-state index in [1.165, 1.54) is 4.90 Å². The average Bonchev–Trinajstić information content (AvgIpc) is 2.46. The first-order chi connectivity index (χ1) is 9.97. The fraction of sp³-hybridized carbons (Fsp3) is 0.500. The van der Waals surface area contributed by atoms with Gasteiger partial charge in [-0.3, -0.25) is 9.59 Å². The fourth-order valence-corrected chi connectivity index (χ4v) is 2.60. The standard InChI is InChI=1S/C16H23N3O2/c1-11-9-12(7-8-17-11)15(20)18-14-6-4-5-13(10-14)16(21)19(2)3/h4-6,10-12,17H,7-9H2,1-3H3,(H,18,20). The molecule has 1 aliphatic rings. The topological polar surface area (TPSA) is 61.4 Å². The molecule has 0 spiro atoms. The Morgan fingerprint density at radius 1 is 1.33 bits per heavy atom. The highest BCUT2D eigenvalue weighted by molar-refractivity contribution is 5.97. The third-order valence-electron chi connectivity index (χ3n) is 3.78. The molecule has 1 aromatic rings. The van der Waals surface area contributed by atoms with Gasteiger partial charge in [0.25, 0.3) is 5.91 Å². The van der Waals surface area contributed by atoms with E-state index in [4.69, 9.17) is 0 Å². The molecule has 2 amide bonds. The largest absolute Gasteiger partial charge is 0.345 e. The zero-order valence-electron chi connectivity index (χ0n) is 12.8. The number of piperidine rings is 1.